The zero-order valence-corrected chi connectivity index (χ0v) is 84.7. The summed E-state index contributed by atoms with van der Waals surface area (Å²) in [6, 6.07) is 60.3. The quantitative estimate of drug-likeness (QED) is 0.0667. The third-order valence-corrected chi connectivity index (χ3v) is 32.9. The molecule has 6 aromatic heterocycles. The van der Waals surface area contributed by atoms with Gasteiger partial charge >= 0.3 is 12.4 Å². The van der Waals surface area contributed by atoms with Crippen LogP contribution in [0.25, 0.3) is 0 Å². The van der Waals surface area contributed by atoms with E-state index in [0.717, 1.165) is 94.9 Å². The molecule has 0 N–H and O–H groups in total. The molecule has 0 spiro atoms. The van der Waals surface area contributed by atoms with Crippen molar-refractivity contribution in [2.24, 2.45) is 0 Å². The van der Waals surface area contributed by atoms with E-state index in [1.165, 1.54) is 108 Å². The van der Waals surface area contributed by atoms with Crippen molar-refractivity contribution in [1.29, 1.82) is 0 Å². The van der Waals surface area contributed by atoms with Crippen molar-refractivity contribution in [2.75, 3.05) is 52.5 Å². The number of benzene rings is 6. The molecule has 14 nitrogen and oxygen atoms in total. The first-order valence-corrected chi connectivity index (χ1v) is 51.1. The molecule has 0 bridgehead atoms. The summed E-state index contributed by atoms with van der Waals surface area (Å²) in [7, 11) is 0. The molecule has 0 radical (unpaired) electrons. The highest BCUT2D eigenvalue weighted by Crippen LogP contribution is 2.49. The van der Waals surface area contributed by atoms with E-state index in [2.05, 4.69) is 75.5 Å². The molecule has 0 saturated carbocycles. The first-order chi connectivity index (χ1) is 65.7. The molecule has 2 fully saturated rings. The molecular weight excluding hydrogens is 2020 g/mol. The molecule has 138 heavy (non-hydrogen) atoms. The van der Waals surface area contributed by atoms with Gasteiger partial charge in [0.25, 0.3) is 23.6 Å². The number of epoxide rings is 2. The van der Waals surface area contributed by atoms with Crippen LogP contribution in [0.1, 0.15) is 165 Å². The lowest BCUT2D eigenvalue weighted by molar-refractivity contribution is -0.134. The van der Waals surface area contributed by atoms with Crippen LogP contribution in [-0.4, -0.2) is 142 Å². The highest BCUT2D eigenvalue weighted by molar-refractivity contribution is 7.18. The van der Waals surface area contributed by atoms with Gasteiger partial charge in [-0.05, 0) is 178 Å². The highest BCUT2D eigenvalue weighted by atomic mass is 35.5. The monoisotopic (exact) mass is 2110 g/mol. The second kappa shape index (κ2) is 44.3. The standard InChI is InChI=1S/2C18H15ClF3NOS.2C17H15ClFNOS.2C17H16ClNO2S/c2*1-11-4-2-3-5-12(11)14-9-23(17(24)6-7-18(20,21)22)10-15-13(14)8-16(19)25-15;2*1-10-5-3-4-6-12(10)14-8-20(17(21)11(2)19)9-15-13(14)7-16(18)22-15;2*1-10-4-2-3-5-11(10)13-7-19(17(20)14-9-21-14)8-15-12(13)6-16(18)22-15/h2*2-8,14H,9-10H2,1H3;2*3-7,14H,2,8-9H2,1H3;2*2-6,13-14H,7-9H2,1H3/b2*7-6+;;;;/t4*14-;13-,14+;13-,14-/m101010/s1. The Balaban J connectivity index is 0.000000126. The number of carbonyl (C=O) groups excluding carboxylic acids is 6. The molecule has 20 rings (SSSR count). The van der Waals surface area contributed by atoms with Gasteiger partial charge in [0.1, 0.15) is 0 Å². The van der Waals surface area contributed by atoms with Crippen molar-refractivity contribution in [1.82, 2.24) is 29.4 Å². The summed E-state index contributed by atoms with van der Waals surface area (Å²) in [6.45, 7) is 25.2. The Bertz CT molecular complexity index is 6280. The Labute approximate surface area is 848 Å². The van der Waals surface area contributed by atoms with Crippen molar-refractivity contribution in [2.45, 2.75) is 141 Å². The second-order valence-electron chi connectivity index (χ2n) is 34.5. The van der Waals surface area contributed by atoms with Gasteiger partial charge in [-0.25, -0.2) is 8.78 Å². The van der Waals surface area contributed by atoms with Gasteiger partial charge in [-0.15, -0.1) is 68.0 Å². The van der Waals surface area contributed by atoms with Crippen LogP contribution in [0.4, 0.5) is 35.1 Å². The maximum absolute atomic E-state index is 13.3. The Morgan fingerprint density at radius 1 is 0.312 bits per heavy atom. The molecular formula is C104H92Cl6F8N6O8S6. The average molecular weight is 2110 g/mol. The Kier molecular flexibility index (Phi) is 33.0. The van der Waals surface area contributed by atoms with E-state index in [1.807, 2.05) is 171 Å². The van der Waals surface area contributed by atoms with Gasteiger partial charge in [0.15, 0.2) is 23.9 Å². The van der Waals surface area contributed by atoms with Gasteiger partial charge in [0.05, 0.1) is 78.5 Å². The maximum atomic E-state index is 13.3. The molecule has 0 unspecified atom stereocenters. The second-order valence-corrected chi connectivity index (χ2v) is 45.1. The van der Waals surface area contributed by atoms with Gasteiger partial charge in [0.2, 0.25) is 11.8 Å². The number of allylic oxidation sites excluding steroid dienone is 2. The Hall–Kier alpha value is -9.60. The molecule has 34 heteroatoms. The lowest BCUT2D eigenvalue weighted by Gasteiger charge is -2.33. The molecule has 6 aromatic carbocycles. The number of amides is 6. The van der Waals surface area contributed by atoms with Crippen LogP contribution in [0.3, 0.4) is 0 Å². The zero-order chi connectivity index (χ0) is 98.6. The first-order valence-electron chi connectivity index (χ1n) is 43.9. The summed E-state index contributed by atoms with van der Waals surface area (Å²) in [5.41, 5.74) is 20.8. The molecule has 8 atom stereocenters. The molecule has 14 heterocycles. The molecule has 12 aromatic rings. The van der Waals surface area contributed by atoms with Crippen LogP contribution in [0.2, 0.25) is 26.0 Å². The number of halogens is 14. The summed E-state index contributed by atoms with van der Waals surface area (Å²) in [5.74, 6) is -4.01. The third-order valence-electron chi connectivity index (χ3n) is 25.3. The number of alkyl halides is 6. The van der Waals surface area contributed by atoms with Crippen molar-refractivity contribution in [3.8, 4) is 0 Å². The van der Waals surface area contributed by atoms with E-state index in [1.54, 1.807) is 22.7 Å². The van der Waals surface area contributed by atoms with Crippen LogP contribution < -0.4 is 0 Å². The van der Waals surface area contributed by atoms with Crippen LogP contribution in [0.5, 0.6) is 0 Å². The number of fused-ring (bicyclic) bond motifs is 6. The molecule has 2 saturated heterocycles. The fourth-order valence-corrected chi connectivity index (χ4v) is 26.6. The Morgan fingerprint density at radius 2 is 0.493 bits per heavy atom. The van der Waals surface area contributed by atoms with Gasteiger partial charge < -0.3 is 38.9 Å². The topological polar surface area (TPSA) is 147 Å². The summed E-state index contributed by atoms with van der Waals surface area (Å²) < 4.78 is 115. The summed E-state index contributed by atoms with van der Waals surface area (Å²) >= 11 is 45.9. The van der Waals surface area contributed by atoms with Crippen molar-refractivity contribution < 1.29 is 73.4 Å². The normalized spacial score (nSPS) is 19.4. The number of aryl methyl sites for hydroxylation is 6. The van der Waals surface area contributed by atoms with E-state index >= 15 is 0 Å². The number of carbonyl (C=O) groups is 6. The fourth-order valence-electron chi connectivity index (χ4n) is 18.4. The minimum atomic E-state index is -4.50. The largest absolute Gasteiger partial charge is 0.409 e. The number of hydrogen-bond donors (Lipinski definition) is 0. The van der Waals surface area contributed by atoms with E-state index in [4.69, 9.17) is 79.1 Å². The highest BCUT2D eigenvalue weighted by Gasteiger charge is 2.44. The number of rotatable bonds is 12. The summed E-state index contributed by atoms with van der Waals surface area (Å²) in [4.78, 5) is 89.3. The maximum Gasteiger partial charge on any atom is 0.409 e. The minimum Gasteiger partial charge on any atom is -0.363 e. The zero-order valence-electron chi connectivity index (χ0n) is 75.3. The molecule has 8 aliphatic rings. The van der Waals surface area contributed by atoms with Gasteiger partial charge in [-0.1, -0.05) is 228 Å². The number of ether oxygens (including phenoxy) is 2. The van der Waals surface area contributed by atoms with Crippen molar-refractivity contribution in [3.05, 3.63) is 387 Å². The van der Waals surface area contributed by atoms with E-state index < -0.39 is 47.6 Å². The van der Waals surface area contributed by atoms with Crippen molar-refractivity contribution in [3.63, 3.8) is 0 Å². The fraction of sp³-hybridized carbons (Fsp3) is 0.288. The SMILES string of the molecule is C=C(F)C(=O)N1Cc2sc(Cl)cc2[C@@H](c2ccccc2C)C1.C=C(F)C(=O)N1Cc2sc(Cl)cc2[C@H](c2ccccc2C)C1.Cc1ccccc1[C@@H]1CN(C(=O)/C=C/C(F)(F)F)Cc2sc(Cl)cc21.Cc1ccccc1[C@@H]1CN(C(=O)[C@@H]2CO2)Cc2sc(Cl)cc21.Cc1ccccc1[C@H]1CN(C(=O)/C=C/C(F)(F)F)Cc2sc(Cl)cc21.Cc1ccccc1[C@H]1CN(C(=O)[C@@H]2CO2)Cc2sc(Cl)cc21. The van der Waals surface area contributed by atoms with Crippen LogP contribution >= 0.6 is 138 Å². The number of hydrogen-bond acceptors (Lipinski definition) is 14. The smallest absolute Gasteiger partial charge is 0.363 e. The minimum absolute atomic E-state index is 0.0111. The van der Waals surface area contributed by atoms with Gasteiger partial charge in [-0.3, -0.25) is 28.8 Å². The van der Waals surface area contributed by atoms with Crippen molar-refractivity contribution >= 4 is 173 Å². The Morgan fingerprint density at radius 3 is 0.681 bits per heavy atom. The third kappa shape index (κ3) is 24.9. The molecule has 8 aliphatic heterocycles. The average Bonchev–Trinajstić information content (AvgIpc) is 1.63. The predicted octanol–water partition coefficient (Wildman–Crippen LogP) is 27.1. The molecule has 720 valence electrons. The van der Waals surface area contributed by atoms with E-state index in [-0.39, 0.29) is 84.8 Å². The van der Waals surface area contributed by atoms with E-state index in [9.17, 15) is 63.9 Å². The first kappa shape index (κ1) is 103. The van der Waals surface area contributed by atoms with Crippen LogP contribution in [-0.2, 0) is 77.5 Å². The van der Waals surface area contributed by atoms with Gasteiger partial charge in [-0.2, -0.15) is 26.3 Å². The number of thiophene rings is 6. The van der Waals surface area contributed by atoms with Crippen LogP contribution in [0, 0.1) is 41.5 Å². The number of nitrogens with zero attached hydrogens (tertiary/aromatic N) is 6. The van der Waals surface area contributed by atoms with E-state index in [0.29, 0.717) is 108 Å². The van der Waals surface area contributed by atoms with Crippen LogP contribution in [0.15, 0.2) is 231 Å². The molecule has 6 amide bonds. The summed E-state index contributed by atoms with van der Waals surface area (Å²) in [6.07, 6.45) is -8.31. The van der Waals surface area contributed by atoms with Gasteiger partial charge in [0, 0.05) is 128 Å². The summed E-state index contributed by atoms with van der Waals surface area (Å²) in [5, 5.41) is 0. The lowest BCUT2D eigenvalue weighted by atomic mass is 9.86. The molecule has 0 aliphatic carbocycles. The lowest BCUT2D eigenvalue weighted by Crippen LogP contribution is -2.40. The predicted molar refractivity (Wildman–Crippen MR) is 537 cm³/mol.